The van der Waals surface area contributed by atoms with Gasteiger partial charge in [0.05, 0.1) is 6.10 Å². The van der Waals surface area contributed by atoms with E-state index >= 15 is 0 Å². The van der Waals surface area contributed by atoms with Gasteiger partial charge in [-0.25, -0.2) is 0 Å². The molecule has 3 N–H and O–H groups in total. The van der Waals surface area contributed by atoms with Crippen molar-refractivity contribution in [3.8, 4) is 0 Å². The summed E-state index contributed by atoms with van der Waals surface area (Å²) in [5, 5.41) is 11.4. The van der Waals surface area contributed by atoms with Crippen molar-refractivity contribution in [2.24, 2.45) is 23.0 Å². The van der Waals surface area contributed by atoms with Crippen LogP contribution in [0.5, 0.6) is 0 Å². The summed E-state index contributed by atoms with van der Waals surface area (Å²) in [5.74, 6) is 1.29. The van der Waals surface area contributed by atoms with Gasteiger partial charge in [0, 0.05) is 11.0 Å². The van der Waals surface area contributed by atoms with Crippen molar-refractivity contribution < 1.29 is 9.90 Å². The molecule has 0 aliphatic heterocycles. The van der Waals surface area contributed by atoms with Gasteiger partial charge in [-0.05, 0) is 96.2 Å². The molecule has 3 nitrogen and oxygen atoms in total. The van der Waals surface area contributed by atoms with Crippen molar-refractivity contribution >= 4 is 18.1 Å². The van der Waals surface area contributed by atoms with Crippen LogP contribution >= 0.6 is 0 Å². The molecule has 0 heterocycles. The number of allylic oxidation sites excluding steroid dienone is 1. The third-order valence-corrected chi connectivity index (χ3v) is 8.69. The topological polar surface area (TPSA) is 63.3 Å². The van der Waals surface area contributed by atoms with Crippen molar-refractivity contribution in [2.45, 2.75) is 64.4 Å². The molecule has 3 heteroatoms. The Morgan fingerprint density at radius 1 is 1.18 bits per heavy atom. The van der Waals surface area contributed by atoms with E-state index in [0.717, 1.165) is 43.2 Å². The largest absolute Gasteiger partial charge is 0.388 e. The van der Waals surface area contributed by atoms with Crippen LogP contribution in [0.2, 0.25) is 0 Å². The predicted molar refractivity (Wildman–Crippen MR) is 135 cm³/mol. The smallest absolute Gasteiger partial charge is 0.248 e. The monoisotopic (exact) mass is 441 g/mol. The molecule has 0 unspecified atom stereocenters. The number of hydrogen-bond acceptors (Lipinski definition) is 2. The molecule has 0 radical (unpaired) electrons. The van der Waals surface area contributed by atoms with E-state index in [-0.39, 0.29) is 5.41 Å². The van der Waals surface area contributed by atoms with Gasteiger partial charge in [0.25, 0.3) is 0 Å². The van der Waals surface area contributed by atoms with Crippen molar-refractivity contribution in [2.75, 3.05) is 0 Å². The second kappa shape index (κ2) is 8.61. The van der Waals surface area contributed by atoms with Crippen LogP contribution in [0.25, 0.3) is 12.2 Å². The lowest BCUT2D eigenvalue weighted by molar-refractivity contribution is -0.0158. The number of amides is 1. The molecule has 3 aliphatic rings. The fourth-order valence-electron chi connectivity index (χ4n) is 6.95. The molecule has 1 amide bonds. The van der Waals surface area contributed by atoms with Gasteiger partial charge in [0.1, 0.15) is 0 Å². The number of hydrogen-bond donors (Lipinski definition) is 2. The first-order valence-corrected chi connectivity index (χ1v) is 12.5. The molecule has 5 atom stereocenters. The first-order chi connectivity index (χ1) is 15.9. The molecule has 0 spiro atoms. The van der Waals surface area contributed by atoms with Crippen molar-refractivity contribution in [3.05, 3.63) is 81.9 Å². The highest BCUT2D eigenvalue weighted by Crippen LogP contribution is 2.62. The highest BCUT2D eigenvalue weighted by Gasteiger charge is 2.56. The molecule has 0 bridgehead atoms. The Kier molecular flexibility index (Phi) is 5.78. The molecule has 0 saturated heterocycles. The number of benzene rings is 2. The van der Waals surface area contributed by atoms with Crippen LogP contribution in [0.15, 0.2) is 54.1 Å². The van der Waals surface area contributed by atoms with Crippen molar-refractivity contribution in [1.29, 1.82) is 0 Å². The Hall–Kier alpha value is -2.65. The van der Waals surface area contributed by atoms with Crippen molar-refractivity contribution in [1.82, 2.24) is 0 Å². The maximum absolute atomic E-state index is 11.6. The highest BCUT2D eigenvalue weighted by molar-refractivity contribution is 5.93. The average molecular weight is 442 g/mol. The number of aryl methyl sites for hydroxylation is 1. The second-order valence-corrected chi connectivity index (χ2v) is 10.5. The van der Waals surface area contributed by atoms with Gasteiger partial charge in [-0.15, -0.1) is 0 Å². The number of primary amides is 1. The molecule has 2 saturated carbocycles. The summed E-state index contributed by atoms with van der Waals surface area (Å²) in [6, 6.07) is 14.5. The van der Waals surface area contributed by atoms with E-state index in [9.17, 15) is 9.90 Å². The SMILES string of the molecule is CC/C=C/c1ccc2c(c1)CC[C@@H]1[C@@H]2CC[C@]2(C)[C@@H](O)/C(=C/c3cccc(C(N)=O)c3)C[C@@H]12. The molecular weight excluding hydrogens is 406 g/mol. The second-order valence-electron chi connectivity index (χ2n) is 10.5. The number of fused-ring (bicyclic) bond motifs is 5. The standard InChI is InChI=1S/C30H35NO2/c1-3-4-6-19-9-11-24-21(15-19)10-12-26-25(24)13-14-30(2)27(26)18-23(28(30)32)17-20-7-5-8-22(16-20)29(31)33/h4-9,11,15-17,25-28,32H,3,10,12-14,18H2,1-2H3,(H2,31,33)/b6-4+,23-17+/t25-,26-,27+,28+,30+/m1/s1. The third-order valence-electron chi connectivity index (χ3n) is 8.69. The zero-order valence-corrected chi connectivity index (χ0v) is 19.8. The van der Waals surface area contributed by atoms with Crippen LogP contribution in [0, 0.1) is 17.3 Å². The average Bonchev–Trinajstić information content (AvgIpc) is 3.07. The molecule has 33 heavy (non-hydrogen) atoms. The van der Waals surface area contributed by atoms with E-state index in [0.29, 0.717) is 23.3 Å². The molecule has 3 aliphatic carbocycles. The first kappa shape index (κ1) is 22.2. The molecule has 5 rings (SSSR count). The van der Waals surface area contributed by atoms with E-state index in [4.69, 9.17) is 5.73 Å². The van der Waals surface area contributed by atoms with Crippen LogP contribution in [0.4, 0.5) is 0 Å². The Balaban J connectivity index is 1.43. The fourth-order valence-corrected chi connectivity index (χ4v) is 6.95. The van der Waals surface area contributed by atoms with Gasteiger partial charge in [-0.1, -0.05) is 62.4 Å². The van der Waals surface area contributed by atoms with E-state index in [1.807, 2.05) is 18.2 Å². The number of aliphatic hydroxyl groups is 1. The summed E-state index contributed by atoms with van der Waals surface area (Å²) in [7, 11) is 0. The molecule has 2 aromatic carbocycles. The normalized spacial score (nSPS) is 31.9. The van der Waals surface area contributed by atoms with E-state index in [2.05, 4.69) is 50.3 Å². The van der Waals surface area contributed by atoms with Gasteiger partial charge in [0.15, 0.2) is 0 Å². The zero-order chi connectivity index (χ0) is 23.2. The Labute approximate surface area is 197 Å². The van der Waals surface area contributed by atoms with E-state index < -0.39 is 12.0 Å². The quantitative estimate of drug-likeness (QED) is 0.600. The lowest BCUT2D eigenvalue weighted by atomic mass is 9.55. The number of carbonyl (C=O) groups excluding carboxylic acids is 1. The minimum absolute atomic E-state index is 0.0738. The summed E-state index contributed by atoms with van der Waals surface area (Å²) in [6.45, 7) is 4.47. The minimum Gasteiger partial charge on any atom is -0.388 e. The predicted octanol–water partition coefficient (Wildman–Crippen LogP) is 6.12. The minimum atomic E-state index is -0.427. The zero-order valence-electron chi connectivity index (χ0n) is 19.8. The Morgan fingerprint density at radius 2 is 2.03 bits per heavy atom. The summed E-state index contributed by atoms with van der Waals surface area (Å²) in [5.41, 5.74) is 12.3. The van der Waals surface area contributed by atoms with Crippen molar-refractivity contribution in [3.63, 3.8) is 0 Å². The lowest BCUT2D eigenvalue weighted by Crippen LogP contribution is -2.44. The number of carbonyl (C=O) groups is 1. The third kappa shape index (κ3) is 3.87. The van der Waals surface area contributed by atoms with E-state index in [1.54, 1.807) is 11.6 Å². The molecule has 2 fully saturated rings. The van der Waals surface area contributed by atoms with E-state index in [1.165, 1.54) is 17.5 Å². The first-order valence-electron chi connectivity index (χ1n) is 12.5. The summed E-state index contributed by atoms with van der Waals surface area (Å²) in [4.78, 5) is 11.6. The highest BCUT2D eigenvalue weighted by atomic mass is 16.3. The van der Waals surface area contributed by atoms with Crippen LogP contribution in [-0.4, -0.2) is 17.1 Å². The maximum atomic E-state index is 11.6. The van der Waals surface area contributed by atoms with Gasteiger partial charge in [-0.2, -0.15) is 0 Å². The number of aliphatic hydroxyl groups excluding tert-OH is 1. The van der Waals surface area contributed by atoms with Crippen LogP contribution < -0.4 is 5.73 Å². The van der Waals surface area contributed by atoms with Gasteiger partial charge >= 0.3 is 0 Å². The van der Waals surface area contributed by atoms with Gasteiger partial charge in [-0.3, -0.25) is 4.79 Å². The van der Waals surface area contributed by atoms with Gasteiger partial charge in [0.2, 0.25) is 5.91 Å². The molecule has 0 aromatic heterocycles. The molecular formula is C30H35NO2. The Bertz CT molecular complexity index is 1130. The summed E-state index contributed by atoms with van der Waals surface area (Å²) in [6.07, 6.45) is 12.7. The number of rotatable bonds is 4. The number of nitrogens with two attached hydrogens (primary N) is 1. The summed E-state index contributed by atoms with van der Waals surface area (Å²) < 4.78 is 0. The molecule has 2 aromatic rings. The van der Waals surface area contributed by atoms with Crippen LogP contribution in [0.1, 0.15) is 84.5 Å². The van der Waals surface area contributed by atoms with Crippen LogP contribution in [-0.2, 0) is 6.42 Å². The van der Waals surface area contributed by atoms with Gasteiger partial charge < -0.3 is 10.8 Å². The molecule has 172 valence electrons. The lowest BCUT2D eigenvalue weighted by Gasteiger charge is -2.49. The maximum Gasteiger partial charge on any atom is 0.248 e. The Morgan fingerprint density at radius 3 is 2.82 bits per heavy atom. The fraction of sp³-hybridized carbons (Fsp3) is 0.433. The van der Waals surface area contributed by atoms with Crippen LogP contribution in [0.3, 0.4) is 0 Å². The summed E-state index contributed by atoms with van der Waals surface area (Å²) >= 11 is 0.